The van der Waals surface area contributed by atoms with Crippen molar-refractivity contribution in [2.75, 3.05) is 6.61 Å². The molecular weight excluding hydrogens is 212 g/mol. The number of carbonyl (C=O) groups excluding carboxylic acids is 1. The quantitative estimate of drug-likeness (QED) is 0.727. The molecule has 4 heteroatoms. The summed E-state index contributed by atoms with van der Waals surface area (Å²) in [7, 11) is 0. The Morgan fingerprint density at radius 2 is 2.00 bits per heavy atom. The zero-order chi connectivity index (χ0) is 10.7. The van der Waals surface area contributed by atoms with Gasteiger partial charge in [0.1, 0.15) is 5.76 Å². The molecule has 0 saturated heterocycles. The summed E-state index contributed by atoms with van der Waals surface area (Å²) in [5, 5.41) is 0. The van der Waals surface area contributed by atoms with Crippen LogP contribution in [0.25, 0.3) is 5.76 Å². The molecule has 1 aliphatic heterocycles. The molecule has 76 valence electrons. The number of benzene rings is 1. The summed E-state index contributed by atoms with van der Waals surface area (Å²) < 4.78 is 15.5. The minimum absolute atomic E-state index is 0.0100. The largest absolute Gasteiger partial charge is 0.485 e. The normalized spacial score (nSPS) is 14.7. The molecule has 0 saturated carbocycles. The van der Waals surface area contributed by atoms with Crippen molar-refractivity contribution >= 4 is 23.2 Å². The van der Waals surface area contributed by atoms with Gasteiger partial charge in [0, 0.05) is 21.4 Å². The lowest BCUT2D eigenvalue weighted by atomic mass is 10.1. The number of ketones is 1. The van der Waals surface area contributed by atoms with E-state index in [1.165, 1.54) is 6.08 Å². The molecule has 15 heavy (non-hydrogen) atoms. The van der Waals surface area contributed by atoms with Crippen LogP contribution in [0.1, 0.15) is 11.1 Å². The van der Waals surface area contributed by atoms with Crippen LogP contribution in [0.2, 0.25) is 0 Å². The SMILES string of the molecule is O=[S+]Cc1ccc(C2=CC(=O)CO2)cc1. The smallest absolute Gasteiger partial charge is 0.463 e. The van der Waals surface area contributed by atoms with Gasteiger partial charge in [0.15, 0.2) is 12.4 Å². The molecule has 0 aliphatic carbocycles. The summed E-state index contributed by atoms with van der Waals surface area (Å²) >= 11 is 0.543. The highest BCUT2D eigenvalue weighted by Gasteiger charge is 2.14. The molecule has 1 aromatic rings. The van der Waals surface area contributed by atoms with Crippen molar-refractivity contribution in [2.45, 2.75) is 5.75 Å². The second kappa shape index (κ2) is 4.31. The van der Waals surface area contributed by atoms with Crippen LogP contribution < -0.4 is 0 Å². The van der Waals surface area contributed by atoms with Gasteiger partial charge in [0.2, 0.25) is 0 Å². The van der Waals surface area contributed by atoms with E-state index in [1.54, 1.807) is 0 Å². The summed E-state index contributed by atoms with van der Waals surface area (Å²) in [6.07, 6.45) is 1.50. The van der Waals surface area contributed by atoms with Gasteiger partial charge in [0.05, 0.1) is 0 Å². The fraction of sp³-hybridized carbons (Fsp3) is 0.182. The van der Waals surface area contributed by atoms with E-state index < -0.39 is 0 Å². The van der Waals surface area contributed by atoms with Crippen LogP contribution in [0.4, 0.5) is 0 Å². The van der Waals surface area contributed by atoms with Crippen molar-refractivity contribution in [3.05, 3.63) is 41.5 Å². The number of rotatable bonds is 3. The maximum Gasteiger partial charge on any atom is 0.463 e. The number of hydrogen-bond acceptors (Lipinski definition) is 3. The molecule has 2 rings (SSSR count). The lowest BCUT2D eigenvalue weighted by molar-refractivity contribution is -0.115. The molecule has 0 spiro atoms. The molecule has 0 radical (unpaired) electrons. The van der Waals surface area contributed by atoms with Crippen LogP contribution >= 0.6 is 0 Å². The third-order valence-corrected chi connectivity index (χ3v) is 2.58. The van der Waals surface area contributed by atoms with E-state index >= 15 is 0 Å². The number of hydrogen-bond donors (Lipinski definition) is 0. The predicted octanol–water partition coefficient (Wildman–Crippen LogP) is 1.55. The maximum atomic E-state index is 11.0. The fourth-order valence-corrected chi connectivity index (χ4v) is 1.71. The predicted molar refractivity (Wildman–Crippen MR) is 57.1 cm³/mol. The fourth-order valence-electron chi connectivity index (χ4n) is 1.38. The Bertz CT molecular complexity index is 420. The van der Waals surface area contributed by atoms with Crippen LogP contribution in [0.3, 0.4) is 0 Å². The highest BCUT2D eigenvalue weighted by atomic mass is 32.1. The second-order valence-corrected chi connectivity index (χ2v) is 3.75. The maximum absolute atomic E-state index is 11.0. The first-order chi connectivity index (χ1) is 7.29. The van der Waals surface area contributed by atoms with Crippen molar-refractivity contribution in [3.8, 4) is 0 Å². The Morgan fingerprint density at radius 1 is 1.27 bits per heavy atom. The third-order valence-electron chi connectivity index (χ3n) is 2.13. The molecule has 0 atom stereocenters. The highest BCUT2D eigenvalue weighted by Crippen LogP contribution is 2.20. The molecule has 0 amide bonds. The van der Waals surface area contributed by atoms with Crippen LogP contribution in [0, 0.1) is 0 Å². The first-order valence-corrected chi connectivity index (χ1v) is 5.42. The van der Waals surface area contributed by atoms with Gasteiger partial charge in [-0.15, -0.1) is 0 Å². The Kier molecular flexibility index (Phi) is 2.87. The second-order valence-electron chi connectivity index (χ2n) is 3.22. The summed E-state index contributed by atoms with van der Waals surface area (Å²) in [6, 6.07) is 7.45. The van der Waals surface area contributed by atoms with Crippen LogP contribution in [0.5, 0.6) is 0 Å². The van der Waals surface area contributed by atoms with E-state index in [-0.39, 0.29) is 12.4 Å². The number of ether oxygens (including phenoxy) is 1. The van der Waals surface area contributed by atoms with Crippen molar-refractivity contribution in [2.24, 2.45) is 0 Å². The van der Waals surface area contributed by atoms with Crippen LogP contribution in [0.15, 0.2) is 30.3 Å². The van der Waals surface area contributed by atoms with E-state index in [1.807, 2.05) is 24.3 Å². The van der Waals surface area contributed by atoms with E-state index in [0.29, 0.717) is 23.2 Å². The average molecular weight is 221 g/mol. The summed E-state index contributed by atoms with van der Waals surface area (Å²) in [6.45, 7) is 0.132. The molecular formula is C11H9O3S+. The molecule has 0 fully saturated rings. The van der Waals surface area contributed by atoms with Gasteiger partial charge in [-0.3, -0.25) is 4.79 Å². The van der Waals surface area contributed by atoms with Crippen molar-refractivity contribution < 1.29 is 13.7 Å². The molecule has 0 unspecified atom stereocenters. The average Bonchev–Trinajstić information content (AvgIpc) is 2.67. The van der Waals surface area contributed by atoms with Gasteiger partial charge in [-0.2, -0.15) is 0 Å². The molecule has 1 aliphatic rings. The molecule has 0 N–H and O–H groups in total. The summed E-state index contributed by atoms with van der Waals surface area (Å²) in [4.78, 5) is 11.0. The van der Waals surface area contributed by atoms with Gasteiger partial charge in [-0.05, 0) is 0 Å². The van der Waals surface area contributed by atoms with Gasteiger partial charge in [-0.25, -0.2) is 0 Å². The lowest BCUT2D eigenvalue weighted by Gasteiger charge is -2.02. The first-order valence-electron chi connectivity index (χ1n) is 4.51. The van der Waals surface area contributed by atoms with E-state index in [2.05, 4.69) is 0 Å². The van der Waals surface area contributed by atoms with Gasteiger partial charge in [-0.1, -0.05) is 24.3 Å². The lowest BCUT2D eigenvalue weighted by Crippen LogP contribution is -1.93. The van der Waals surface area contributed by atoms with E-state index in [0.717, 1.165) is 11.1 Å². The zero-order valence-electron chi connectivity index (χ0n) is 7.93. The van der Waals surface area contributed by atoms with Gasteiger partial charge < -0.3 is 4.74 Å². The summed E-state index contributed by atoms with van der Waals surface area (Å²) in [5.41, 5.74) is 1.85. The Morgan fingerprint density at radius 3 is 2.53 bits per heavy atom. The van der Waals surface area contributed by atoms with Crippen molar-refractivity contribution in [1.82, 2.24) is 0 Å². The van der Waals surface area contributed by atoms with Crippen molar-refractivity contribution in [1.29, 1.82) is 0 Å². The standard InChI is InChI=1S/C11H9O3S/c12-10-5-11(14-6-10)9-3-1-8(2-4-9)7-15-13/h1-5H,6-7H2/q+1. The monoisotopic (exact) mass is 221 g/mol. The Labute approximate surface area is 91.2 Å². The first kappa shape index (κ1) is 9.98. The minimum atomic E-state index is -0.0100. The molecule has 0 aromatic heterocycles. The number of carbonyl (C=O) groups is 1. The topological polar surface area (TPSA) is 43.4 Å². The summed E-state index contributed by atoms with van der Waals surface area (Å²) in [5.74, 6) is 1.06. The van der Waals surface area contributed by atoms with Gasteiger partial charge in [0.25, 0.3) is 5.75 Å². The van der Waals surface area contributed by atoms with Crippen LogP contribution in [-0.2, 0) is 31.2 Å². The molecule has 0 bridgehead atoms. The van der Waals surface area contributed by atoms with Crippen molar-refractivity contribution in [3.63, 3.8) is 0 Å². The van der Waals surface area contributed by atoms with Gasteiger partial charge >= 0.3 is 11.7 Å². The van der Waals surface area contributed by atoms with E-state index in [4.69, 9.17) is 4.74 Å². The highest BCUT2D eigenvalue weighted by molar-refractivity contribution is 7.64. The molecule has 3 nitrogen and oxygen atoms in total. The molecule has 1 aromatic carbocycles. The Balaban J connectivity index is 2.20. The zero-order valence-corrected chi connectivity index (χ0v) is 8.75. The molecule has 1 heterocycles. The minimum Gasteiger partial charge on any atom is -0.485 e. The van der Waals surface area contributed by atoms with Crippen LogP contribution in [-0.4, -0.2) is 12.4 Å². The van der Waals surface area contributed by atoms with E-state index in [9.17, 15) is 9.00 Å². The Hall–Kier alpha value is -1.55. The third kappa shape index (κ3) is 2.27.